The first-order valence-corrected chi connectivity index (χ1v) is 6.54. The minimum atomic E-state index is 0.365. The molecule has 6 nitrogen and oxygen atoms in total. The van der Waals surface area contributed by atoms with Gasteiger partial charge in [-0.2, -0.15) is 0 Å². The van der Waals surface area contributed by atoms with Crippen LogP contribution in [0.1, 0.15) is 11.5 Å². The van der Waals surface area contributed by atoms with Crippen LogP contribution in [0.5, 0.6) is 0 Å². The molecule has 0 unspecified atom stereocenters. The first-order valence-electron chi connectivity index (χ1n) is 5.75. The van der Waals surface area contributed by atoms with Gasteiger partial charge in [-0.1, -0.05) is 0 Å². The van der Waals surface area contributed by atoms with Gasteiger partial charge in [0.2, 0.25) is 0 Å². The lowest BCUT2D eigenvalue weighted by Gasteiger charge is -2.02. The second-order valence-corrected chi connectivity index (χ2v) is 4.83. The van der Waals surface area contributed by atoms with E-state index in [-0.39, 0.29) is 0 Å². The van der Waals surface area contributed by atoms with Gasteiger partial charge in [0.1, 0.15) is 10.4 Å². The third-order valence-electron chi connectivity index (χ3n) is 2.67. The average Bonchev–Trinajstić information content (AvgIpc) is 2.94. The topological polar surface area (TPSA) is 81.4 Å². The van der Waals surface area contributed by atoms with Crippen LogP contribution in [0, 0.1) is 6.92 Å². The van der Waals surface area contributed by atoms with Gasteiger partial charge in [0.25, 0.3) is 0 Å². The first-order chi connectivity index (χ1) is 9.17. The molecule has 0 aliphatic carbocycles. The van der Waals surface area contributed by atoms with Gasteiger partial charge in [-0.3, -0.25) is 0 Å². The monoisotopic (exact) mass is 321 g/mol. The molecule has 3 rings (SSSR count). The summed E-state index contributed by atoms with van der Waals surface area (Å²) in [5.41, 5.74) is 7.14. The Kier molecular flexibility index (Phi) is 3.00. The van der Waals surface area contributed by atoms with Gasteiger partial charge in [0, 0.05) is 12.6 Å². The van der Waals surface area contributed by atoms with E-state index in [0.717, 1.165) is 21.7 Å². The SMILES string of the molecule is Cc1ccc(Nc2ccc3nc(CN)c(Br)n3n2)o1. The molecular weight excluding hydrogens is 310 g/mol. The Hall–Kier alpha value is -1.86. The summed E-state index contributed by atoms with van der Waals surface area (Å²) in [4.78, 5) is 4.36. The molecule has 7 heteroatoms. The molecule has 0 aromatic carbocycles. The second-order valence-electron chi connectivity index (χ2n) is 4.08. The summed E-state index contributed by atoms with van der Waals surface area (Å²) in [5, 5.41) is 7.52. The van der Waals surface area contributed by atoms with Crippen molar-refractivity contribution in [3.63, 3.8) is 0 Å². The Morgan fingerprint density at radius 1 is 1.37 bits per heavy atom. The fraction of sp³-hybridized carbons (Fsp3) is 0.167. The van der Waals surface area contributed by atoms with Crippen LogP contribution in [-0.2, 0) is 6.54 Å². The quantitative estimate of drug-likeness (QED) is 0.775. The van der Waals surface area contributed by atoms with Crippen LogP contribution >= 0.6 is 15.9 Å². The molecule has 3 N–H and O–H groups in total. The number of nitrogens with one attached hydrogen (secondary N) is 1. The highest BCUT2D eigenvalue weighted by Gasteiger charge is 2.10. The largest absolute Gasteiger partial charge is 0.446 e. The fourth-order valence-electron chi connectivity index (χ4n) is 1.78. The summed E-state index contributed by atoms with van der Waals surface area (Å²) in [6.45, 7) is 2.26. The van der Waals surface area contributed by atoms with E-state index in [9.17, 15) is 0 Å². The highest BCUT2D eigenvalue weighted by molar-refractivity contribution is 9.10. The van der Waals surface area contributed by atoms with Crippen molar-refractivity contribution in [1.29, 1.82) is 0 Å². The standard InChI is InChI=1S/C12H12BrN5O/c1-7-2-5-11(19-7)16-9-3-4-10-15-8(6-14)12(13)18(10)17-9/h2-5H,6,14H2,1H3,(H,16,17). The summed E-state index contributed by atoms with van der Waals surface area (Å²) in [6, 6.07) is 7.46. The number of hydrogen-bond acceptors (Lipinski definition) is 5. The molecule has 0 amide bonds. The number of anilines is 2. The summed E-state index contributed by atoms with van der Waals surface area (Å²) in [6.07, 6.45) is 0. The smallest absolute Gasteiger partial charge is 0.198 e. The third kappa shape index (κ3) is 2.22. The molecule has 0 bridgehead atoms. The van der Waals surface area contributed by atoms with E-state index in [1.54, 1.807) is 4.52 Å². The molecule has 0 aliphatic rings. The zero-order valence-corrected chi connectivity index (χ0v) is 11.8. The lowest BCUT2D eigenvalue weighted by Crippen LogP contribution is -1.99. The third-order valence-corrected chi connectivity index (χ3v) is 3.47. The van der Waals surface area contributed by atoms with Crippen LogP contribution < -0.4 is 11.1 Å². The van der Waals surface area contributed by atoms with E-state index in [0.29, 0.717) is 18.2 Å². The number of furan rings is 1. The van der Waals surface area contributed by atoms with E-state index in [1.165, 1.54) is 0 Å². The van der Waals surface area contributed by atoms with Gasteiger partial charge < -0.3 is 15.5 Å². The van der Waals surface area contributed by atoms with Crippen LogP contribution in [0.4, 0.5) is 11.7 Å². The van der Waals surface area contributed by atoms with Crippen molar-refractivity contribution in [2.45, 2.75) is 13.5 Å². The lowest BCUT2D eigenvalue weighted by atomic mass is 10.5. The van der Waals surface area contributed by atoms with Crippen molar-refractivity contribution in [3.8, 4) is 0 Å². The molecule has 0 saturated heterocycles. The number of nitrogens with two attached hydrogens (primary N) is 1. The number of aryl methyl sites for hydroxylation is 1. The summed E-state index contributed by atoms with van der Waals surface area (Å²) >= 11 is 3.44. The molecule has 0 radical (unpaired) electrons. The molecule has 0 spiro atoms. The Morgan fingerprint density at radius 2 is 2.21 bits per heavy atom. The summed E-state index contributed by atoms with van der Waals surface area (Å²) < 4.78 is 7.91. The predicted octanol–water partition coefficient (Wildman–Crippen LogP) is 2.60. The fourth-order valence-corrected chi connectivity index (χ4v) is 2.29. The number of halogens is 1. The summed E-state index contributed by atoms with van der Waals surface area (Å²) in [5.74, 6) is 2.17. The number of nitrogens with zero attached hydrogens (tertiary/aromatic N) is 3. The molecule has 3 aromatic heterocycles. The van der Waals surface area contributed by atoms with E-state index in [4.69, 9.17) is 10.2 Å². The van der Waals surface area contributed by atoms with Crippen molar-refractivity contribution in [2.24, 2.45) is 5.73 Å². The van der Waals surface area contributed by atoms with Gasteiger partial charge in [-0.05, 0) is 41.1 Å². The van der Waals surface area contributed by atoms with Crippen LogP contribution in [0.2, 0.25) is 0 Å². The van der Waals surface area contributed by atoms with Crippen molar-refractivity contribution in [1.82, 2.24) is 14.6 Å². The molecule has 98 valence electrons. The number of imidazole rings is 1. The molecular formula is C12H12BrN5O. The van der Waals surface area contributed by atoms with E-state index < -0.39 is 0 Å². The number of hydrogen-bond donors (Lipinski definition) is 2. The molecule has 0 fully saturated rings. The average molecular weight is 322 g/mol. The maximum atomic E-state index is 5.61. The van der Waals surface area contributed by atoms with Gasteiger partial charge in [0.05, 0.1) is 5.69 Å². The number of aromatic nitrogens is 3. The minimum absolute atomic E-state index is 0.365. The normalized spacial score (nSPS) is 11.1. The number of fused-ring (bicyclic) bond motifs is 1. The first kappa shape index (κ1) is 12.2. The van der Waals surface area contributed by atoms with Crippen molar-refractivity contribution in [3.05, 3.63) is 40.3 Å². The molecule has 19 heavy (non-hydrogen) atoms. The Bertz CT molecular complexity index is 733. The van der Waals surface area contributed by atoms with Crippen LogP contribution in [0.25, 0.3) is 5.65 Å². The van der Waals surface area contributed by atoms with Crippen molar-refractivity contribution >= 4 is 33.3 Å². The van der Waals surface area contributed by atoms with Gasteiger partial charge in [0.15, 0.2) is 17.3 Å². The van der Waals surface area contributed by atoms with E-state index in [1.807, 2.05) is 31.2 Å². The highest BCUT2D eigenvalue weighted by atomic mass is 79.9. The minimum Gasteiger partial charge on any atom is -0.446 e. The molecule has 0 aliphatic heterocycles. The lowest BCUT2D eigenvalue weighted by molar-refractivity contribution is 0.550. The van der Waals surface area contributed by atoms with Gasteiger partial charge in [-0.25, -0.2) is 9.50 Å². The molecule has 3 aromatic rings. The Balaban J connectivity index is 1.99. The highest BCUT2D eigenvalue weighted by Crippen LogP contribution is 2.21. The van der Waals surface area contributed by atoms with Crippen molar-refractivity contribution < 1.29 is 4.42 Å². The zero-order valence-electron chi connectivity index (χ0n) is 10.2. The zero-order chi connectivity index (χ0) is 13.4. The number of rotatable bonds is 3. The molecule has 0 atom stereocenters. The Labute approximate surface area is 117 Å². The van der Waals surface area contributed by atoms with Crippen LogP contribution in [-0.4, -0.2) is 14.6 Å². The molecule has 0 saturated carbocycles. The van der Waals surface area contributed by atoms with E-state index >= 15 is 0 Å². The van der Waals surface area contributed by atoms with Crippen LogP contribution in [0.15, 0.2) is 33.3 Å². The summed E-state index contributed by atoms with van der Waals surface area (Å²) in [7, 11) is 0. The maximum Gasteiger partial charge on any atom is 0.198 e. The second kappa shape index (κ2) is 4.67. The molecule has 3 heterocycles. The van der Waals surface area contributed by atoms with Crippen molar-refractivity contribution in [2.75, 3.05) is 5.32 Å². The van der Waals surface area contributed by atoms with E-state index in [2.05, 4.69) is 31.3 Å². The van der Waals surface area contributed by atoms with Crippen LogP contribution in [0.3, 0.4) is 0 Å². The van der Waals surface area contributed by atoms with Gasteiger partial charge in [-0.15, -0.1) is 5.10 Å². The predicted molar refractivity (Wildman–Crippen MR) is 75.3 cm³/mol. The Morgan fingerprint density at radius 3 is 2.89 bits per heavy atom. The van der Waals surface area contributed by atoms with Gasteiger partial charge >= 0.3 is 0 Å². The maximum absolute atomic E-state index is 5.61.